The number of aliphatic hydroxyl groups excluding tert-OH is 1. The second-order valence-electron chi connectivity index (χ2n) is 4.42. The van der Waals surface area contributed by atoms with E-state index in [2.05, 4.69) is 15.3 Å². The van der Waals surface area contributed by atoms with Crippen LogP contribution in [0.2, 0.25) is 5.28 Å². The molecule has 0 aliphatic heterocycles. The van der Waals surface area contributed by atoms with E-state index in [9.17, 15) is 13.2 Å². The first-order chi connectivity index (χ1) is 8.70. The van der Waals surface area contributed by atoms with E-state index in [-0.39, 0.29) is 12.4 Å². The van der Waals surface area contributed by atoms with Gasteiger partial charge in [-0.2, -0.15) is 13.2 Å². The van der Waals surface area contributed by atoms with Crippen LogP contribution in [0, 0.1) is 0 Å². The highest BCUT2D eigenvalue weighted by molar-refractivity contribution is 6.28. The minimum Gasteiger partial charge on any atom is -0.396 e. The number of rotatable bonds is 5. The van der Waals surface area contributed by atoms with Gasteiger partial charge in [0.2, 0.25) is 5.28 Å². The fraction of sp³-hybridized carbons (Fsp3) is 0.636. The molecule has 0 saturated carbocycles. The first kappa shape index (κ1) is 16.0. The van der Waals surface area contributed by atoms with Crippen molar-refractivity contribution in [3.8, 4) is 0 Å². The van der Waals surface area contributed by atoms with Crippen LogP contribution in [-0.2, 0) is 6.18 Å². The third-order valence-electron chi connectivity index (χ3n) is 2.86. The zero-order chi connectivity index (χ0) is 14.7. The topological polar surface area (TPSA) is 58.0 Å². The highest BCUT2D eigenvalue weighted by Gasteiger charge is 2.34. The van der Waals surface area contributed by atoms with Crippen molar-refractivity contribution in [1.82, 2.24) is 9.97 Å². The standard InChI is InChI=1S/C11H15ClF3N3O/c1-3-10(2,4-5-19)18-8-6-7(11(13,14)15)16-9(12)17-8/h6,19H,3-5H2,1-2H3,(H,16,17,18). The second kappa shape index (κ2) is 5.92. The van der Waals surface area contributed by atoms with Gasteiger partial charge in [0.05, 0.1) is 0 Å². The van der Waals surface area contributed by atoms with E-state index in [0.29, 0.717) is 12.8 Å². The van der Waals surface area contributed by atoms with Crippen molar-refractivity contribution < 1.29 is 18.3 Å². The van der Waals surface area contributed by atoms with Crippen molar-refractivity contribution in [2.75, 3.05) is 11.9 Å². The summed E-state index contributed by atoms with van der Waals surface area (Å²) >= 11 is 5.49. The van der Waals surface area contributed by atoms with E-state index in [1.165, 1.54) is 0 Å². The lowest BCUT2D eigenvalue weighted by Crippen LogP contribution is -2.35. The van der Waals surface area contributed by atoms with Crippen LogP contribution in [0.15, 0.2) is 6.07 Å². The molecule has 19 heavy (non-hydrogen) atoms. The Balaban J connectivity index is 3.04. The third kappa shape index (κ3) is 4.50. The predicted octanol–water partition coefficient (Wildman–Crippen LogP) is 3.11. The summed E-state index contributed by atoms with van der Waals surface area (Å²) in [4.78, 5) is 6.87. The van der Waals surface area contributed by atoms with Crippen LogP contribution < -0.4 is 5.32 Å². The number of nitrogens with zero attached hydrogens (tertiary/aromatic N) is 2. The van der Waals surface area contributed by atoms with Gasteiger partial charge in [-0.05, 0) is 31.4 Å². The van der Waals surface area contributed by atoms with Crippen molar-refractivity contribution in [2.45, 2.75) is 38.4 Å². The number of hydrogen-bond donors (Lipinski definition) is 2. The Morgan fingerprint density at radius 1 is 1.37 bits per heavy atom. The molecular formula is C11H15ClF3N3O. The molecule has 0 aliphatic rings. The lowest BCUT2D eigenvalue weighted by molar-refractivity contribution is -0.141. The summed E-state index contributed by atoms with van der Waals surface area (Å²) < 4.78 is 37.8. The Hall–Kier alpha value is -1.08. The molecular weight excluding hydrogens is 283 g/mol. The maximum Gasteiger partial charge on any atom is 0.433 e. The molecule has 0 aliphatic carbocycles. The van der Waals surface area contributed by atoms with Gasteiger partial charge in [-0.1, -0.05) is 6.92 Å². The summed E-state index contributed by atoms with van der Waals surface area (Å²) in [6.45, 7) is 3.56. The maximum atomic E-state index is 12.6. The minimum absolute atomic E-state index is 0.00914. The zero-order valence-electron chi connectivity index (χ0n) is 10.6. The van der Waals surface area contributed by atoms with Crippen LogP contribution in [0.3, 0.4) is 0 Å². The van der Waals surface area contributed by atoms with E-state index in [4.69, 9.17) is 16.7 Å². The fourth-order valence-corrected chi connectivity index (χ4v) is 1.69. The number of halogens is 4. The van der Waals surface area contributed by atoms with Crippen molar-refractivity contribution in [2.24, 2.45) is 0 Å². The van der Waals surface area contributed by atoms with Crippen molar-refractivity contribution in [1.29, 1.82) is 0 Å². The van der Waals surface area contributed by atoms with Gasteiger partial charge in [-0.15, -0.1) is 0 Å². The molecule has 0 saturated heterocycles. The summed E-state index contributed by atoms with van der Waals surface area (Å²) in [5.74, 6) is -0.00914. The molecule has 0 fully saturated rings. The average Bonchev–Trinajstić information content (AvgIpc) is 2.27. The van der Waals surface area contributed by atoms with Crippen LogP contribution in [0.25, 0.3) is 0 Å². The zero-order valence-corrected chi connectivity index (χ0v) is 11.3. The van der Waals surface area contributed by atoms with E-state index in [0.717, 1.165) is 6.07 Å². The molecule has 1 unspecified atom stereocenters. The van der Waals surface area contributed by atoms with E-state index in [1.807, 2.05) is 6.92 Å². The Kier molecular flexibility index (Phi) is 4.98. The van der Waals surface area contributed by atoms with E-state index >= 15 is 0 Å². The molecule has 0 bridgehead atoms. The Morgan fingerprint density at radius 2 is 2.00 bits per heavy atom. The lowest BCUT2D eigenvalue weighted by atomic mass is 9.95. The molecule has 4 nitrogen and oxygen atoms in total. The monoisotopic (exact) mass is 297 g/mol. The van der Waals surface area contributed by atoms with Gasteiger partial charge in [0.25, 0.3) is 0 Å². The normalized spacial score (nSPS) is 15.1. The lowest BCUT2D eigenvalue weighted by Gasteiger charge is -2.29. The van der Waals surface area contributed by atoms with Crippen LogP contribution >= 0.6 is 11.6 Å². The highest BCUT2D eigenvalue weighted by Crippen LogP contribution is 2.30. The molecule has 108 valence electrons. The van der Waals surface area contributed by atoms with Gasteiger partial charge < -0.3 is 10.4 Å². The molecule has 0 radical (unpaired) electrons. The summed E-state index contributed by atoms with van der Waals surface area (Å²) in [6.07, 6.45) is -3.59. The smallest absolute Gasteiger partial charge is 0.396 e. The number of aliphatic hydroxyl groups is 1. The number of alkyl halides is 3. The predicted molar refractivity (Wildman–Crippen MR) is 66.1 cm³/mol. The van der Waals surface area contributed by atoms with Gasteiger partial charge in [0.1, 0.15) is 5.82 Å². The third-order valence-corrected chi connectivity index (χ3v) is 3.03. The molecule has 8 heteroatoms. The molecule has 1 aromatic heterocycles. The average molecular weight is 298 g/mol. The van der Waals surface area contributed by atoms with Gasteiger partial charge in [0.15, 0.2) is 5.69 Å². The highest BCUT2D eigenvalue weighted by atomic mass is 35.5. The Morgan fingerprint density at radius 3 is 2.47 bits per heavy atom. The summed E-state index contributed by atoms with van der Waals surface area (Å²) in [6, 6.07) is 0.803. The Bertz CT molecular complexity index is 442. The fourth-order valence-electron chi connectivity index (χ4n) is 1.51. The second-order valence-corrected chi connectivity index (χ2v) is 4.76. The largest absolute Gasteiger partial charge is 0.433 e. The molecule has 1 atom stereocenters. The molecule has 1 rings (SSSR count). The van der Waals surface area contributed by atoms with Crippen molar-refractivity contribution >= 4 is 17.4 Å². The Labute approximate surface area is 114 Å². The first-order valence-corrected chi connectivity index (χ1v) is 6.09. The van der Waals surface area contributed by atoms with E-state index < -0.39 is 22.7 Å². The quantitative estimate of drug-likeness (QED) is 0.820. The number of aromatic nitrogens is 2. The first-order valence-electron chi connectivity index (χ1n) is 5.71. The van der Waals surface area contributed by atoms with Crippen LogP contribution in [0.1, 0.15) is 32.4 Å². The molecule has 2 N–H and O–H groups in total. The van der Waals surface area contributed by atoms with Gasteiger partial charge in [0, 0.05) is 18.2 Å². The number of nitrogens with one attached hydrogen (secondary N) is 1. The number of hydrogen-bond acceptors (Lipinski definition) is 4. The van der Waals surface area contributed by atoms with Gasteiger partial charge in [-0.3, -0.25) is 0 Å². The van der Waals surface area contributed by atoms with Crippen LogP contribution in [-0.4, -0.2) is 27.2 Å². The van der Waals surface area contributed by atoms with Gasteiger partial charge in [-0.25, -0.2) is 9.97 Å². The summed E-state index contributed by atoms with van der Waals surface area (Å²) in [5, 5.41) is 11.4. The molecule has 1 heterocycles. The molecule has 0 spiro atoms. The SMILES string of the molecule is CCC(C)(CCO)Nc1cc(C(F)(F)F)nc(Cl)n1. The minimum atomic E-state index is -4.58. The molecule has 0 aromatic carbocycles. The van der Waals surface area contributed by atoms with E-state index in [1.54, 1.807) is 6.92 Å². The van der Waals surface area contributed by atoms with Gasteiger partial charge >= 0.3 is 6.18 Å². The molecule has 1 aromatic rings. The van der Waals surface area contributed by atoms with Crippen LogP contribution in [0.4, 0.5) is 19.0 Å². The number of anilines is 1. The summed E-state index contributed by atoms with van der Waals surface area (Å²) in [5.41, 5.74) is -1.66. The van der Waals surface area contributed by atoms with Crippen LogP contribution in [0.5, 0.6) is 0 Å². The van der Waals surface area contributed by atoms with Crippen molar-refractivity contribution in [3.63, 3.8) is 0 Å². The summed E-state index contributed by atoms with van der Waals surface area (Å²) in [7, 11) is 0. The van der Waals surface area contributed by atoms with Crippen molar-refractivity contribution in [3.05, 3.63) is 17.0 Å². The maximum absolute atomic E-state index is 12.6. The molecule has 0 amide bonds.